The number of methoxy groups -OCH3 is 1. The number of benzene rings is 1. The first-order valence-electron chi connectivity index (χ1n) is 7.85. The van der Waals surface area contributed by atoms with Crippen LogP contribution < -0.4 is 10.1 Å². The number of rotatable bonds is 6. The molecule has 142 valence electrons. The van der Waals surface area contributed by atoms with Crippen LogP contribution in [0.25, 0.3) is 10.2 Å². The van der Waals surface area contributed by atoms with E-state index < -0.39 is 20.9 Å². The molecular formula is C16H15ClN4O4S2. The summed E-state index contributed by atoms with van der Waals surface area (Å²) in [4.78, 5) is 24.4. The number of ether oxygens (including phenoxy) is 1. The van der Waals surface area contributed by atoms with E-state index in [-0.39, 0.29) is 16.5 Å². The number of aromatic nitrogens is 3. The summed E-state index contributed by atoms with van der Waals surface area (Å²) in [6, 6.07) is 5.34. The van der Waals surface area contributed by atoms with E-state index in [1.54, 1.807) is 32.2 Å². The number of amides is 1. The van der Waals surface area contributed by atoms with E-state index in [0.717, 1.165) is 10.9 Å². The van der Waals surface area contributed by atoms with Gasteiger partial charge >= 0.3 is 0 Å². The summed E-state index contributed by atoms with van der Waals surface area (Å²) in [6.07, 6.45) is 1.51. The third-order valence-corrected chi connectivity index (χ3v) is 6.41. The zero-order chi connectivity index (χ0) is 19.6. The van der Waals surface area contributed by atoms with Crippen molar-refractivity contribution in [2.24, 2.45) is 0 Å². The number of sulfone groups is 1. The van der Waals surface area contributed by atoms with Crippen molar-refractivity contribution in [2.45, 2.75) is 18.5 Å². The molecule has 0 aliphatic rings. The number of anilines is 1. The number of nitrogens with zero attached hydrogens (tertiary/aromatic N) is 3. The normalized spacial score (nSPS) is 11.5. The van der Waals surface area contributed by atoms with Gasteiger partial charge in [-0.25, -0.2) is 23.4 Å². The Labute approximate surface area is 164 Å². The molecule has 3 rings (SSSR count). The van der Waals surface area contributed by atoms with Crippen LogP contribution in [0.3, 0.4) is 0 Å². The van der Waals surface area contributed by atoms with Gasteiger partial charge in [0, 0.05) is 0 Å². The minimum atomic E-state index is -3.67. The van der Waals surface area contributed by atoms with Gasteiger partial charge in [0.2, 0.25) is 15.0 Å². The molecule has 0 radical (unpaired) electrons. The van der Waals surface area contributed by atoms with Crippen LogP contribution in [0.2, 0.25) is 5.02 Å². The average Bonchev–Trinajstić information content (AvgIpc) is 3.02. The van der Waals surface area contributed by atoms with Crippen LogP contribution in [-0.4, -0.2) is 42.1 Å². The molecule has 0 fully saturated rings. The molecule has 11 heteroatoms. The third-order valence-electron chi connectivity index (χ3n) is 3.50. The molecule has 0 bridgehead atoms. The highest BCUT2D eigenvalue weighted by atomic mass is 35.5. The minimum absolute atomic E-state index is 0.0503. The van der Waals surface area contributed by atoms with Crippen LogP contribution in [0.4, 0.5) is 5.13 Å². The second kappa shape index (κ2) is 7.75. The highest BCUT2D eigenvalue weighted by Gasteiger charge is 2.22. The predicted molar refractivity (Wildman–Crippen MR) is 104 cm³/mol. The largest absolute Gasteiger partial charge is 0.497 e. The van der Waals surface area contributed by atoms with Crippen LogP contribution in [0.15, 0.2) is 29.6 Å². The van der Waals surface area contributed by atoms with Gasteiger partial charge in [-0.2, -0.15) is 0 Å². The number of carbonyl (C=O) groups is 1. The van der Waals surface area contributed by atoms with Crippen LogP contribution in [0.1, 0.15) is 23.8 Å². The standard InChI is InChI=1S/C16H15ClN4O4S2/c1-3-6-27(23,24)16-18-8-10(17)13(20-16)14(22)21-15-19-11-5-4-9(25-2)7-12(11)26-15/h4-5,7-8H,3,6H2,1-2H3,(H,19,21,22). The van der Waals surface area contributed by atoms with Crippen molar-refractivity contribution < 1.29 is 17.9 Å². The van der Waals surface area contributed by atoms with Gasteiger partial charge in [0.05, 0.1) is 34.3 Å². The maximum absolute atomic E-state index is 12.5. The van der Waals surface area contributed by atoms with Crippen LogP contribution in [-0.2, 0) is 9.84 Å². The number of hydrogen-bond acceptors (Lipinski definition) is 8. The minimum Gasteiger partial charge on any atom is -0.497 e. The Kier molecular flexibility index (Phi) is 5.59. The molecule has 0 aliphatic carbocycles. The fraction of sp³-hybridized carbons (Fsp3) is 0.250. The first-order valence-corrected chi connectivity index (χ1v) is 10.7. The Morgan fingerprint density at radius 1 is 1.33 bits per heavy atom. The SMILES string of the molecule is CCCS(=O)(=O)c1ncc(Cl)c(C(=O)Nc2nc3ccc(OC)cc3s2)n1. The van der Waals surface area contributed by atoms with Crippen LogP contribution in [0.5, 0.6) is 5.75 Å². The van der Waals surface area contributed by atoms with Gasteiger partial charge < -0.3 is 4.74 Å². The Hall–Kier alpha value is -2.30. The molecule has 1 aromatic carbocycles. The average molecular weight is 427 g/mol. The number of nitrogens with one attached hydrogen (secondary N) is 1. The van der Waals surface area contributed by atoms with Crippen molar-refractivity contribution in [1.82, 2.24) is 15.0 Å². The van der Waals surface area contributed by atoms with Crippen molar-refractivity contribution in [3.8, 4) is 5.75 Å². The maximum Gasteiger partial charge on any atom is 0.277 e. The first-order chi connectivity index (χ1) is 12.8. The van der Waals surface area contributed by atoms with Crippen molar-refractivity contribution in [2.75, 3.05) is 18.2 Å². The van der Waals surface area contributed by atoms with Crippen molar-refractivity contribution >= 4 is 54.0 Å². The van der Waals surface area contributed by atoms with Crippen molar-refractivity contribution in [3.05, 3.63) is 35.1 Å². The predicted octanol–water partition coefficient (Wildman–Crippen LogP) is 3.18. The van der Waals surface area contributed by atoms with E-state index in [1.807, 2.05) is 0 Å². The maximum atomic E-state index is 12.5. The molecule has 2 aromatic heterocycles. The van der Waals surface area contributed by atoms with Gasteiger partial charge in [0.1, 0.15) is 5.75 Å². The van der Waals surface area contributed by atoms with Gasteiger partial charge in [0.25, 0.3) is 5.91 Å². The number of carbonyl (C=O) groups excluding carboxylic acids is 1. The molecule has 0 saturated heterocycles. The van der Waals surface area contributed by atoms with Crippen LogP contribution in [0, 0.1) is 0 Å². The van der Waals surface area contributed by atoms with Gasteiger partial charge in [-0.3, -0.25) is 10.1 Å². The monoisotopic (exact) mass is 426 g/mol. The second-order valence-corrected chi connectivity index (χ2v) is 8.92. The summed E-state index contributed by atoms with van der Waals surface area (Å²) in [7, 11) is -2.11. The Balaban J connectivity index is 1.90. The van der Waals surface area contributed by atoms with E-state index in [2.05, 4.69) is 20.3 Å². The van der Waals surface area contributed by atoms with Crippen molar-refractivity contribution in [3.63, 3.8) is 0 Å². The fourth-order valence-electron chi connectivity index (χ4n) is 2.26. The fourth-order valence-corrected chi connectivity index (χ4v) is 4.49. The summed E-state index contributed by atoms with van der Waals surface area (Å²) in [6.45, 7) is 1.73. The van der Waals surface area contributed by atoms with Gasteiger partial charge in [-0.15, -0.1) is 0 Å². The molecular weight excluding hydrogens is 412 g/mol. The van der Waals surface area contributed by atoms with E-state index in [4.69, 9.17) is 16.3 Å². The molecule has 8 nitrogen and oxygen atoms in total. The Morgan fingerprint density at radius 3 is 2.81 bits per heavy atom. The lowest BCUT2D eigenvalue weighted by molar-refractivity contribution is 0.102. The lowest BCUT2D eigenvalue weighted by atomic mass is 10.3. The summed E-state index contributed by atoms with van der Waals surface area (Å²) in [5.41, 5.74) is 0.467. The van der Waals surface area contributed by atoms with E-state index in [1.165, 1.54) is 11.3 Å². The lowest BCUT2D eigenvalue weighted by Gasteiger charge is -2.06. The molecule has 0 saturated carbocycles. The smallest absolute Gasteiger partial charge is 0.277 e. The Bertz CT molecular complexity index is 1110. The first kappa shape index (κ1) is 19.5. The molecule has 1 amide bonds. The quantitative estimate of drug-likeness (QED) is 0.602. The topological polar surface area (TPSA) is 111 Å². The molecule has 27 heavy (non-hydrogen) atoms. The number of hydrogen-bond donors (Lipinski definition) is 1. The third kappa shape index (κ3) is 4.18. The Morgan fingerprint density at radius 2 is 2.11 bits per heavy atom. The molecule has 0 unspecified atom stereocenters. The molecule has 1 N–H and O–H groups in total. The zero-order valence-corrected chi connectivity index (χ0v) is 16.8. The summed E-state index contributed by atoms with van der Waals surface area (Å²) < 4.78 is 30.3. The van der Waals surface area contributed by atoms with Gasteiger partial charge in [-0.1, -0.05) is 29.9 Å². The van der Waals surface area contributed by atoms with E-state index >= 15 is 0 Å². The molecule has 3 aromatic rings. The molecule has 0 spiro atoms. The summed E-state index contributed by atoms with van der Waals surface area (Å²) in [5.74, 6) is -0.106. The number of fused-ring (bicyclic) bond motifs is 1. The van der Waals surface area contributed by atoms with Crippen LogP contribution >= 0.6 is 22.9 Å². The second-order valence-electron chi connectivity index (χ2n) is 5.47. The highest BCUT2D eigenvalue weighted by Crippen LogP contribution is 2.29. The van der Waals surface area contributed by atoms with E-state index in [0.29, 0.717) is 22.8 Å². The number of halogens is 1. The number of thiazole rings is 1. The lowest BCUT2D eigenvalue weighted by Crippen LogP contribution is -2.18. The van der Waals surface area contributed by atoms with Crippen molar-refractivity contribution in [1.29, 1.82) is 0 Å². The molecule has 0 aliphatic heterocycles. The molecule has 2 heterocycles. The summed E-state index contributed by atoms with van der Waals surface area (Å²) in [5, 5.41) is 2.45. The van der Waals surface area contributed by atoms with E-state index in [9.17, 15) is 13.2 Å². The van der Waals surface area contributed by atoms with Gasteiger partial charge in [-0.05, 0) is 24.6 Å². The summed E-state index contributed by atoms with van der Waals surface area (Å²) >= 11 is 7.23. The molecule has 0 atom stereocenters. The highest BCUT2D eigenvalue weighted by molar-refractivity contribution is 7.91. The zero-order valence-electron chi connectivity index (χ0n) is 14.4. The van der Waals surface area contributed by atoms with Gasteiger partial charge in [0.15, 0.2) is 10.8 Å².